The highest BCUT2D eigenvalue weighted by molar-refractivity contribution is 5.89. The molecule has 0 aliphatic heterocycles. The SMILES string of the molecule is COC(=O)[C@@H](Cc1ccc(F)cc1)N(CCNC(=O)OC(C)(C)C)OC(=O)c1ccccc1. The smallest absolute Gasteiger partial charge is 0.407 e. The number of hydroxylamine groups is 2. The van der Waals surface area contributed by atoms with Gasteiger partial charge in [-0.3, -0.25) is 4.79 Å². The van der Waals surface area contributed by atoms with Crippen molar-refractivity contribution in [2.24, 2.45) is 0 Å². The minimum atomic E-state index is -1.03. The van der Waals surface area contributed by atoms with Crippen LogP contribution in [0.25, 0.3) is 0 Å². The van der Waals surface area contributed by atoms with Gasteiger partial charge < -0.3 is 19.6 Å². The molecule has 0 saturated carbocycles. The van der Waals surface area contributed by atoms with Crippen molar-refractivity contribution in [3.05, 3.63) is 71.5 Å². The number of amides is 1. The van der Waals surface area contributed by atoms with Gasteiger partial charge in [-0.1, -0.05) is 30.3 Å². The lowest BCUT2D eigenvalue weighted by atomic mass is 10.1. The van der Waals surface area contributed by atoms with E-state index in [4.69, 9.17) is 14.3 Å². The second-order valence-electron chi connectivity index (χ2n) is 8.18. The van der Waals surface area contributed by atoms with E-state index in [2.05, 4.69) is 5.32 Å². The van der Waals surface area contributed by atoms with Gasteiger partial charge in [0.15, 0.2) is 0 Å². The van der Waals surface area contributed by atoms with Crippen molar-refractivity contribution in [1.29, 1.82) is 0 Å². The summed E-state index contributed by atoms with van der Waals surface area (Å²) in [5, 5.41) is 3.72. The maximum absolute atomic E-state index is 13.3. The summed E-state index contributed by atoms with van der Waals surface area (Å²) in [6.07, 6.45) is -0.563. The number of halogens is 1. The first-order valence-corrected chi connectivity index (χ1v) is 10.4. The Balaban J connectivity index is 2.20. The van der Waals surface area contributed by atoms with E-state index in [1.807, 2.05) is 0 Å². The highest BCUT2D eigenvalue weighted by Crippen LogP contribution is 2.14. The van der Waals surface area contributed by atoms with Gasteiger partial charge in [-0.15, -0.1) is 5.06 Å². The highest BCUT2D eigenvalue weighted by atomic mass is 19.1. The van der Waals surface area contributed by atoms with E-state index in [-0.39, 0.29) is 25.1 Å². The first-order chi connectivity index (χ1) is 15.6. The molecule has 0 spiro atoms. The number of esters is 1. The fraction of sp³-hybridized carbons (Fsp3) is 0.375. The molecule has 0 saturated heterocycles. The van der Waals surface area contributed by atoms with Gasteiger partial charge in [-0.05, 0) is 50.6 Å². The summed E-state index contributed by atoms with van der Waals surface area (Å²) in [6, 6.07) is 12.8. The van der Waals surface area contributed by atoms with Crippen molar-refractivity contribution in [2.45, 2.75) is 38.8 Å². The van der Waals surface area contributed by atoms with E-state index < -0.39 is 35.5 Å². The number of methoxy groups -OCH3 is 1. The molecule has 8 nitrogen and oxygen atoms in total. The Hall–Kier alpha value is -3.46. The normalized spacial score (nSPS) is 12.1. The zero-order valence-electron chi connectivity index (χ0n) is 19.2. The first kappa shape index (κ1) is 25.8. The Labute approximate surface area is 192 Å². The summed E-state index contributed by atoms with van der Waals surface area (Å²) in [5.74, 6) is -1.75. The minimum absolute atomic E-state index is 0.0217. The maximum atomic E-state index is 13.3. The summed E-state index contributed by atoms with van der Waals surface area (Å²) in [5.41, 5.74) is 0.237. The van der Waals surface area contributed by atoms with Crippen molar-refractivity contribution in [1.82, 2.24) is 10.4 Å². The first-order valence-electron chi connectivity index (χ1n) is 10.4. The van der Waals surface area contributed by atoms with Gasteiger partial charge in [-0.2, -0.15) is 0 Å². The van der Waals surface area contributed by atoms with E-state index in [1.165, 1.54) is 31.4 Å². The average Bonchev–Trinajstić information content (AvgIpc) is 2.77. The molecular formula is C24H29FN2O6. The van der Waals surface area contributed by atoms with Crippen LogP contribution in [0.5, 0.6) is 0 Å². The van der Waals surface area contributed by atoms with Gasteiger partial charge in [0.1, 0.15) is 17.5 Å². The number of alkyl carbamates (subject to hydrolysis) is 1. The molecule has 0 radical (unpaired) electrons. The van der Waals surface area contributed by atoms with E-state index in [1.54, 1.807) is 51.1 Å². The number of nitrogens with zero attached hydrogens (tertiary/aromatic N) is 1. The van der Waals surface area contributed by atoms with Crippen LogP contribution in [0.2, 0.25) is 0 Å². The predicted octanol–water partition coefficient (Wildman–Crippen LogP) is 3.51. The third-order valence-electron chi connectivity index (χ3n) is 4.37. The van der Waals surface area contributed by atoms with Crippen molar-refractivity contribution >= 4 is 18.0 Å². The number of carbonyl (C=O) groups is 3. The molecule has 178 valence electrons. The fourth-order valence-electron chi connectivity index (χ4n) is 2.86. The summed E-state index contributed by atoms with van der Waals surface area (Å²) in [6.45, 7) is 5.19. The van der Waals surface area contributed by atoms with Crippen LogP contribution >= 0.6 is 0 Å². The zero-order chi connectivity index (χ0) is 24.4. The molecule has 0 aliphatic rings. The maximum Gasteiger partial charge on any atom is 0.407 e. The van der Waals surface area contributed by atoms with Crippen LogP contribution in [0.4, 0.5) is 9.18 Å². The van der Waals surface area contributed by atoms with Crippen molar-refractivity contribution in [2.75, 3.05) is 20.2 Å². The van der Waals surface area contributed by atoms with Crippen molar-refractivity contribution in [3.8, 4) is 0 Å². The highest BCUT2D eigenvalue weighted by Gasteiger charge is 2.31. The van der Waals surface area contributed by atoms with Crippen molar-refractivity contribution in [3.63, 3.8) is 0 Å². The Kier molecular flexibility index (Phi) is 9.35. The van der Waals surface area contributed by atoms with Crippen LogP contribution in [-0.4, -0.2) is 54.9 Å². The average molecular weight is 461 g/mol. The number of carbonyl (C=O) groups excluding carboxylic acids is 3. The number of rotatable bonds is 9. The second kappa shape index (κ2) is 12.0. The number of hydrogen-bond donors (Lipinski definition) is 1. The number of ether oxygens (including phenoxy) is 2. The lowest BCUT2D eigenvalue weighted by Gasteiger charge is -2.28. The van der Waals surface area contributed by atoms with Crippen LogP contribution in [0.1, 0.15) is 36.7 Å². The lowest BCUT2D eigenvalue weighted by Crippen LogP contribution is -2.48. The molecule has 2 rings (SSSR count). The number of benzene rings is 2. The summed E-state index contributed by atoms with van der Waals surface area (Å²) < 4.78 is 23.4. The molecule has 0 aliphatic carbocycles. The molecular weight excluding hydrogens is 431 g/mol. The molecule has 2 aromatic carbocycles. The van der Waals surface area contributed by atoms with Gasteiger partial charge in [0.05, 0.1) is 19.2 Å². The molecule has 0 heterocycles. The number of nitrogens with one attached hydrogen (secondary N) is 1. The Bertz CT molecular complexity index is 928. The van der Waals surface area contributed by atoms with E-state index >= 15 is 0 Å². The van der Waals surface area contributed by atoms with Crippen LogP contribution < -0.4 is 5.32 Å². The standard InChI is InChI=1S/C24H29FN2O6/c1-24(2,3)32-23(30)26-14-15-27(33-21(28)18-8-6-5-7-9-18)20(22(29)31-4)16-17-10-12-19(25)13-11-17/h5-13,20H,14-16H2,1-4H3,(H,26,30)/t20-/m1/s1. The molecule has 1 amide bonds. The predicted molar refractivity (Wildman–Crippen MR) is 119 cm³/mol. The Morgan fingerprint density at radius 1 is 1.03 bits per heavy atom. The van der Waals surface area contributed by atoms with Crippen LogP contribution in [0.3, 0.4) is 0 Å². The lowest BCUT2D eigenvalue weighted by molar-refractivity contribution is -0.173. The summed E-state index contributed by atoms with van der Waals surface area (Å²) in [4.78, 5) is 42.8. The van der Waals surface area contributed by atoms with Gasteiger partial charge in [-0.25, -0.2) is 14.0 Å². The molecule has 2 aromatic rings. The minimum Gasteiger partial charge on any atom is -0.468 e. The van der Waals surface area contributed by atoms with Crippen LogP contribution in [0, 0.1) is 5.82 Å². The molecule has 0 bridgehead atoms. The third-order valence-corrected chi connectivity index (χ3v) is 4.37. The van der Waals surface area contributed by atoms with Crippen LogP contribution in [-0.2, 0) is 25.5 Å². The fourth-order valence-corrected chi connectivity index (χ4v) is 2.86. The van der Waals surface area contributed by atoms with E-state index in [9.17, 15) is 18.8 Å². The summed E-state index contributed by atoms with van der Waals surface area (Å²) in [7, 11) is 1.22. The topological polar surface area (TPSA) is 94.2 Å². The van der Waals surface area contributed by atoms with Gasteiger partial charge in [0.2, 0.25) is 0 Å². The third kappa shape index (κ3) is 8.89. The molecule has 0 fully saturated rings. The molecule has 9 heteroatoms. The molecule has 0 aromatic heterocycles. The summed E-state index contributed by atoms with van der Waals surface area (Å²) >= 11 is 0. The Morgan fingerprint density at radius 2 is 1.67 bits per heavy atom. The molecule has 33 heavy (non-hydrogen) atoms. The zero-order valence-corrected chi connectivity index (χ0v) is 19.2. The number of hydrogen-bond acceptors (Lipinski definition) is 7. The van der Waals surface area contributed by atoms with E-state index in [0.717, 1.165) is 5.06 Å². The molecule has 1 N–H and O–H groups in total. The Morgan fingerprint density at radius 3 is 2.24 bits per heavy atom. The van der Waals surface area contributed by atoms with Gasteiger partial charge >= 0.3 is 18.0 Å². The van der Waals surface area contributed by atoms with Gasteiger partial charge in [0.25, 0.3) is 0 Å². The molecule has 0 unspecified atom stereocenters. The quantitative estimate of drug-likeness (QED) is 0.452. The molecule has 1 atom stereocenters. The van der Waals surface area contributed by atoms with E-state index in [0.29, 0.717) is 5.56 Å². The monoisotopic (exact) mass is 460 g/mol. The van der Waals surface area contributed by atoms with Crippen LogP contribution in [0.15, 0.2) is 54.6 Å². The largest absolute Gasteiger partial charge is 0.468 e. The second-order valence-corrected chi connectivity index (χ2v) is 8.18. The van der Waals surface area contributed by atoms with Crippen molar-refractivity contribution < 1.29 is 33.1 Å². The van der Waals surface area contributed by atoms with Gasteiger partial charge in [0, 0.05) is 13.0 Å².